The molecule has 0 unspecified atom stereocenters. The Hall–Kier alpha value is -5.02. The highest BCUT2D eigenvalue weighted by molar-refractivity contribution is 6.15. The van der Waals surface area contributed by atoms with Gasteiger partial charge >= 0.3 is 6.03 Å². The molecule has 3 nitrogen and oxygen atoms in total. The molecular formula is C34H21N2O+. The fourth-order valence-corrected chi connectivity index (χ4v) is 5.94. The van der Waals surface area contributed by atoms with Crippen LogP contribution in [0.2, 0.25) is 0 Å². The van der Waals surface area contributed by atoms with Crippen molar-refractivity contribution in [3.63, 3.8) is 0 Å². The van der Waals surface area contributed by atoms with Gasteiger partial charge in [0.25, 0.3) is 0 Å². The molecule has 1 aliphatic rings. The summed E-state index contributed by atoms with van der Waals surface area (Å²) in [5.41, 5.74) is 3.75. The van der Waals surface area contributed by atoms with E-state index >= 15 is 0 Å². The number of nitrogens with zero attached hydrogens (tertiary/aromatic N) is 2. The molecule has 0 bridgehead atoms. The van der Waals surface area contributed by atoms with Gasteiger partial charge in [-0.25, -0.2) is 0 Å². The molecule has 0 aliphatic carbocycles. The van der Waals surface area contributed by atoms with Crippen LogP contribution in [-0.4, -0.2) is 21.4 Å². The second-order valence-corrected chi connectivity index (χ2v) is 9.61. The summed E-state index contributed by atoms with van der Waals surface area (Å²) in [5.74, 6) is 0. The molecule has 37 heavy (non-hydrogen) atoms. The summed E-state index contributed by atoms with van der Waals surface area (Å²) in [7, 11) is 0. The summed E-state index contributed by atoms with van der Waals surface area (Å²) < 4.78 is 3.65. The molecule has 0 saturated carbocycles. The van der Waals surface area contributed by atoms with Crippen molar-refractivity contribution in [3.05, 3.63) is 127 Å². The van der Waals surface area contributed by atoms with Gasteiger partial charge < -0.3 is 0 Å². The number of hydrogen-bond donors (Lipinski definition) is 0. The molecular weight excluding hydrogens is 452 g/mol. The summed E-state index contributed by atoms with van der Waals surface area (Å²) in [6.45, 7) is 0. The molecule has 1 aromatic heterocycles. The number of fused-ring (bicyclic) bond motifs is 7. The molecule has 6 aromatic carbocycles. The second kappa shape index (κ2) is 7.49. The van der Waals surface area contributed by atoms with E-state index in [9.17, 15) is 4.79 Å². The zero-order chi connectivity index (χ0) is 24.5. The number of amides is 1. The van der Waals surface area contributed by atoms with E-state index in [4.69, 9.17) is 0 Å². The largest absolute Gasteiger partial charge is 0.509 e. The lowest BCUT2D eigenvalue weighted by molar-refractivity contribution is -0.319. The third kappa shape index (κ3) is 2.82. The molecule has 8 rings (SSSR count). The highest BCUT2D eigenvalue weighted by Crippen LogP contribution is 2.38. The third-order valence-corrected chi connectivity index (χ3v) is 7.62. The zero-order valence-corrected chi connectivity index (χ0v) is 19.9. The van der Waals surface area contributed by atoms with Crippen molar-refractivity contribution < 1.29 is 9.37 Å². The lowest BCUT2D eigenvalue weighted by Gasteiger charge is -2.11. The first kappa shape index (κ1) is 20.2. The average molecular weight is 474 g/mol. The summed E-state index contributed by atoms with van der Waals surface area (Å²) in [4.78, 5) is 14.1. The molecule has 7 aromatic rings. The maximum Gasteiger partial charge on any atom is 0.509 e. The Morgan fingerprint density at radius 1 is 0.514 bits per heavy atom. The zero-order valence-electron chi connectivity index (χ0n) is 19.9. The first-order valence-electron chi connectivity index (χ1n) is 12.5. The molecule has 0 fully saturated rings. The number of carbonyl (C=O) groups excluding carboxylic acids is 1. The highest BCUT2D eigenvalue weighted by atomic mass is 16.2. The molecule has 2 heterocycles. The van der Waals surface area contributed by atoms with E-state index in [1.54, 1.807) is 4.58 Å². The normalized spacial score (nSPS) is 13.1. The van der Waals surface area contributed by atoms with Crippen LogP contribution in [0.25, 0.3) is 54.3 Å². The van der Waals surface area contributed by atoms with Crippen LogP contribution < -0.4 is 0 Å². The van der Waals surface area contributed by atoms with E-state index in [-0.39, 0.29) is 6.03 Å². The Bertz CT molecular complexity index is 2110. The van der Waals surface area contributed by atoms with Crippen molar-refractivity contribution in [2.75, 3.05) is 0 Å². The van der Waals surface area contributed by atoms with Gasteiger partial charge in [0.05, 0.1) is 0 Å². The minimum Gasteiger partial charge on any atom is -0.196 e. The summed E-state index contributed by atoms with van der Waals surface area (Å²) in [5, 5.41) is 9.24. The minimum atomic E-state index is -0.0623. The van der Waals surface area contributed by atoms with Crippen molar-refractivity contribution in [2.24, 2.45) is 0 Å². The van der Waals surface area contributed by atoms with Crippen LogP contribution in [0, 0.1) is 0 Å². The smallest absolute Gasteiger partial charge is 0.196 e. The topological polar surface area (TPSA) is 25.0 Å². The number of benzene rings is 6. The first-order valence-corrected chi connectivity index (χ1v) is 12.5. The van der Waals surface area contributed by atoms with Crippen LogP contribution in [0.1, 0.15) is 5.69 Å². The molecule has 172 valence electrons. The van der Waals surface area contributed by atoms with Gasteiger partial charge in [0.15, 0.2) is 5.69 Å². The van der Waals surface area contributed by atoms with Gasteiger partial charge in [0.1, 0.15) is 17.6 Å². The Balaban J connectivity index is 1.35. The van der Waals surface area contributed by atoms with Crippen LogP contribution in [0.3, 0.4) is 0 Å². The number of hydrogen-bond acceptors (Lipinski definition) is 1. The molecule has 1 amide bonds. The van der Waals surface area contributed by atoms with Crippen molar-refractivity contribution >= 4 is 61.0 Å². The number of aromatic nitrogens is 1. The fourth-order valence-electron chi connectivity index (χ4n) is 5.94. The van der Waals surface area contributed by atoms with Crippen molar-refractivity contribution in [1.29, 1.82) is 0 Å². The first-order chi connectivity index (χ1) is 18.3. The second-order valence-electron chi connectivity index (χ2n) is 9.61. The van der Waals surface area contributed by atoms with Crippen LogP contribution >= 0.6 is 0 Å². The van der Waals surface area contributed by atoms with Crippen LogP contribution in [0.4, 0.5) is 10.5 Å². The summed E-state index contributed by atoms with van der Waals surface area (Å²) in [6, 6.07) is 42.0. The van der Waals surface area contributed by atoms with Crippen molar-refractivity contribution in [2.45, 2.75) is 0 Å². The van der Waals surface area contributed by atoms with Gasteiger partial charge in [-0.2, -0.15) is 13.9 Å². The van der Waals surface area contributed by atoms with E-state index in [0.29, 0.717) is 0 Å². The number of carbonyl (C=O) groups is 1. The van der Waals surface area contributed by atoms with E-state index < -0.39 is 0 Å². The Morgan fingerprint density at radius 2 is 1.05 bits per heavy atom. The van der Waals surface area contributed by atoms with Crippen LogP contribution in [0.15, 0.2) is 121 Å². The predicted octanol–water partition coefficient (Wildman–Crippen LogP) is 8.51. The number of rotatable bonds is 2. The van der Waals surface area contributed by atoms with Gasteiger partial charge in [-0.3, -0.25) is 0 Å². The van der Waals surface area contributed by atoms with Gasteiger partial charge in [-0.15, -0.1) is 0 Å². The monoisotopic (exact) mass is 473 g/mol. The Labute approximate surface area is 213 Å². The molecule has 0 saturated heterocycles. The Morgan fingerprint density at radius 3 is 1.76 bits per heavy atom. The average Bonchev–Trinajstić information content (AvgIpc) is 3.52. The summed E-state index contributed by atoms with van der Waals surface area (Å²) >= 11 is 0. The van der Waals surface area contributed by atoms with Crippen molar-refractivity contribution in [1.82, 2.24) is 4.57 Å². The van der Waals surface area contributed by atoms with Gasteiger partial charge in [-0.05, 0) is 62.0 Å². The summed E-state index contributed by atoms with van der Waals surface area (Å²) in [6.07, 6.45) is 1.96. The molecule has 0 atom stereocenters. The minimum absolute atomic E-state index is 0.0623. The third-order valence-electron chi connectivity index (χ3n) is 7.62. The van der Waals surface area contributed by atoms with Gasteiger partial charge in [0.2, 0.25) is 0 Å². The molecule has 0 N–H and O–H groups in total. The molecule has 0 spiro atoms. The molecule has 0 radical (unpaired) electrons. The maximum absolute atomic E-state index is 14.1. The lowest BCUT2D eigenvalue weighted by Crippen LogP contribution is -2.17. The quantitative estimate of drug-likeness (QED) is 0.182. The van der Waals surface area contributed by atoms with E-state index in [2.05, 4.69) is 103 Å². The highest BCUT2D eigenvalue weighted by Gasteiger charge is 2.36. The fraction of sp³-hybridized carbons (Fsp3) is 0. The van der Waals surface area contributed by atoms with Gasteiger partial charge in [0, 0.05) is 10.9 Å². The van der Waals surface area contributed by atoms with Crippen molar-refractivity contribution in [3.8, 4) is 11.3 Å². The lowest BCUT2D eigenvalue weighted by atomic mass is 9.96. The molecule has 1 aliphatic heterocycles. The predicted molar refractivity (Wildman–Crippen MR) is 152 cm³/mol. The van der Waals surface area contributed by atoms with Crippen LogP contribution in [-0.2, 0) is 0 Å². The molecule has 3 heteroatoms. The van der Waals surface area contributed by atoms with E-state index in [1.165, 1.54) is 21.5 Å². The van der Waals surface area contributed by atoms with E-state index in [0.717, 1.165) is 44.2 Å². The Kier molecular flexibility index (Phi) is 4.09. The maximum atomic E-state index is 14.1. The van der Waals surface area contributed by atoms with Gasteiger partial charge in [-0.1, -0.05) is 97.1 Å². The van der Waals surface area contributed by atoms with Crippen LogP contribution in [0.5, 0.6) is 0 Å². The van der Waals surface area contributed by atoms with E-state index in [1.807, 2.05) is 29.0 Å². The standard InChI is InChI=1S/C34H21N2O/c37-34-35(33-20-23-10-2-4-12-26(23)28-14-7-8-16-30(28)33)21-24-17-18-32(36(24)34)31-19-22-9-1-3-11-25(22)27-13-5-6-15-29(27)31/h1-21H/q+1. The SMILES string of the molecule is O=C1n2c(ccc2-c2cc3ccccc3c3ccccc23)C=[N+]1c1cc2ccccc2c2ccccc12.